The van der Waals surface area contributed by atoms with Crippen molar-refractivity contribution in [3.8, 4) is 0 Å². The fourth-order valence-electron chi connectivity index (χ4n) is 2.55. The van der Waals surface area contributed by atoms with Gasteiger partial charge in [0.2, 0.25) is 0 Å². The van der Waals surface area contributed by atoms with E-state index >= 15 is 0 Å². The van der Waals surface area contributed by atoms with Gasteiger partial charge in [-0.3, -0.25) is 0 Å². The molecule has 0 aromatic heterocycles. The highest BCUT2D eigenvalue weighted by Crippen LogP contribution is 2.24. The lowest BCUT2D eigenvalue weighted by atomic mass is 10.1. The smallest absolute Gasteiger partial charge is 0.176 e. The van der Waals surface area contributed by atoms with Gasteiger partial charge in [-0.05, 0) is 18.6 Å². The first kappa shape index (κ1) is 19.2. The summed E-state index contributed by atoms with van der Waals surface area (Å²) in [5, 5.41) is 11.3. The topological polar surface area (TPSA) is 61.8 Å². The molecule has 0 saturated heterocycles. The molecule has 0 unspecified atom stereocenters. The zero-order valence-corrected chi connectivity index (χ0v) is 14.0. The summed E-state index contributed by atoms with van der Waals surface area (Å²) < 4.78 is 28.0. The van der Waals surface area contributed by atoms with Crippen molar-refractivity contribution in [2.75, 3.05) is 18.5 Å². The number of unbranched alkanes of at least 4 members (excludes halogenated alkanes) is 6. The predicted octanol–water partition coefficient (Wildman–Crippen LogP) is 4.25. The van der Waals surface area contributed by atoms with Crippen molar-refractivity contribution < 1.29 is 14.0 Å². The maximum absolute atomic E-state index is 14.4. The number of nitrogens with zero attached hydrogens (tertiary/aromatic N) is 2. The van der Waals surface area contributed by atoms with Crippen LogP contribution in [-0.2, 0) is 0 Å². The van der Waals surface area contributed by atoms with Gasteiger partial charge >= 0.3 is 0 Å². The van der Waals surface area contributed by atoms with Crippen LogP contribution in [0.3, 0.4) is 0 Å². The van der Waals surface area contributed by atoms with Crippen LogP contribution in [0.2, 0.25) is 0 Å². The molecule has 0 aliphatic heterocycles. The molecule has 0 aliphatic rings. The Hall–Kier alpha value is -1.85. The Labute approximate surface area is 137 Å². The minimum absolute atomic E-state index is 0.249. The first-order chi connectivity index (χ1) is 11.0. The van der Waals surface area contributed by atoms with Gasteiger partial charge in [-0.2, -0.15) is 0 Å². The molecule has 130 valence electrons. The molecule has 0 bridgehead atoms. The third-order valence-electron chi connectivity index (χ3n) is 3.94. The van der Waals surface area contributed by atoms with E-state index in [-0.39, 0.29) is 5.69 Å². The normalized spacial score (nSPS) is 11.7. The van der Waals surface area contributed by atoms with Crippen LogP contribution in [0.15, 0.2) is 17.3 Å². The summed E-state index contributed by atoms with van der Waals surface area (Å²) in [6.45, 7) is 2.86. The number of hydrogen-bond donors (Lipinski definition) is 2. The third kappa shape index (κ3) is 5.69. The Bertz CT molecular complexity index is 521. The lowest BCUT2D eigenvalue weighted by Gasteiger charge is -2.21. The second-order valence-electron chi connectivity index (χ2n) is 5.78. The van der Waals surface area contributed by atoms with E-state index in [0.717, 1.165) is 18.9 Å². The fraction of sp³-hybridized carbons (Fsp3) is 0.588. The molecule has 6 heteroatoms. The predicted molar refractivity (Wildman–Crippen MR) is 90.1 cm³/mol. The number of amidine groups is 1. The Morgan fingerprint density at radius 1 is 1.13 bits per heavy atom. The van der Waals surface area contributed by atoms with E-state index in [2.05, 4.69) is 12.1 Å². The highest BCUT2D eigenvalue weighted by Gasteiger charge is 2.19. The second kappa shape index (κ2) is 10.0. The van der Waals surface area contributed by atoms with Crippen LogP contribution in [-0.4, -0.2) is 24.6 Å². The van der Waals surface area contributed by atoms with E-state index in [9.17, 15) is 8.78 Å². The molecule has 23 heavy (non-hydrogen) atoms. The van der Waals surface area contributed by atoms with E-state index in [1.165, 1.54) is 38.2 Å². The summed E-state index contributed by atoms with van der Waals surface area (Å²) in [6.07, 6.45) is 8.21. The summed E-state index contributed by atoms with van der Waals surface area (Å²) in [5.74, 6) is -2.21. The van der Waals surface area contributed by atoms with Gasteiger partial charge in [-0.25, -0.2) is 8.78 Å². The number of anilines is 1. The molecule has 1 aromatic carbocycles. The van der Waals surface area contributed by atoms with Gasteiger partial charge in [0.1, 0.15) is 5.82 Å². The molecule has 4 nitrogen and oxygen atoms in total. The summed E-state index contributed by atoms with van der Waals surface area (Å²) in [7, 11) is 1.75. The lowest BCUT2D eigenvalue weighted by Crippen LogP contribution is -2.23. The quantitative estimate of drug-likeness (QED) is 0.222. The highest BCUT2D eigenvalue weighted by molar-refractivity contribution is 5.98. The number of oxime groups is 1. The first-order valence-electron chi connectivity index (χ1n) is 8.20. The van der Waals surface area contributed by atoms with Crippen molar-refractivity contribution in [3.63, 3.8) is 0 Å². The highest BCUT2D eigenvalue weighted by atomic mass is 19.1. The van der Waals surface area contributed by atoms with Crippen LogP contribution in [0.1, 0.15) is 57.4 Å². The molecule has 0 atom stereocenters. The molecule has 0 heterocycles. The summed E-state index contributed by atoms with van der Waals surface area (Å²) in [4.78, 5) is 1.73. The molecule has 0 aliphatic carbocycles. The van der Waals surface area contributed by atoms with Crippen molar-refractivity contribution >= 4 is 11.5 Å². The fourth-order valence-corrected chi connectivity index (χ4v) is 2.55. The van der Waals surface area contributed by atoms with Crippen LogP contribution in [0.4, 0.5) is 14.5 Å². The first-order valence-corrected chi connectivity index (χ1v) is 8.20. The standard InChI is InChI=1S/C17H27F2N3O/c1-3-4-5-6-7-8-9-12-22(2)14-11-10-13(18)15(16(14)19)17(20)21-23/h10-11,23H,3-9,12H2,1-2H3,(H2,20,21). The van der Waals surface area contributed by atoms with E-state index in [0.29, 0.717) is 6.54 Å². The SMILES string of the molecule is CCCCCCCCCN(C)c1ccc(F)c(/C(N)=N/O)c1F. The van der Waals surface area contributed by atoms with Gasteiger partial charge < -0.3 is 15.8 Å². The summed E-state index contributed by atoms with van der Waals surface area (Å²) in [5.41, 5.74) is 5.11. The van der Waals surface area contributed by atoms with Gasteiger partial charge in [0.05, 0.1) is 11.3 Å². The van der Waals surface area contributed by atoms with Crippen molar-refractivity contribution in [1.82, 2.24) is 0 Å². The Balaban J connectivity index is 2.58. The largest absolute Gasteiger partial charge is 0.409 e. The van der Waals surface area contributed by atoms with Crippen molar-refractivity contribution in [1.29, 1.82) is 0 Å². The van der Waals surface area contributed by atoms with Crippen LogP contribution in [0, 0.1) is 11.6 Å². The van der Waals surface area contributed by atoms with Gasteiger partial charge in [-0.1, -0.05) is 50.6 Å². The zero-order chi connectivity index (χ0) is 17.2. The number of benzene rings is 1. The second-order valence-corrected chi connectivity index (χ2v) is 5.78. The maximum Gasteiger partial charge on any atom is 0.176 e. The monoisotopic (exact) mass is 327 g/mol. The minimum Gasteiger partial charge on any atom is -0.409 e. The summed E-state index contributed by atoms with van der Waals surface area (Å²) in [6, 6.07) is 2.51. The van der Waals surface area contributed by atoms with Crippen molar-refractivity contribution in [3.05, 3.63) is 29.3 Å². The van der Waals surface area contributed by atoms with Gasteiger partial charge in [0.25, 0.3) is 0 Å². The molecular formula is C17H27F2N3O. The van der Waals surface area contributed by atoms with E-state index in [1.54, 1.807) is 11.9 Å². The summed E-state index contributed by atoms with van der Waals surface area (Å²) >= 11 is 0. The molecule has 0 amide bonds. The van der Waals surface area contributed by atoms with Crippen LogP contribution < -0.4 is 10.6 Å². The molecule has 0 radical (unpaired) electrons. The van der Waals surface area contributed by atoms with Crippen molar-refractivity contribution in [2.45, 2.75) is 51.9 Å². The Morgan fingerprint density at radius 3 is 2.35 bits per heavy atom. The molecule has 1 aromatic rings. The maximum atomic E-state index is 14.4. The molecule has 3 N–H and O–H groups in total. The van der Waals surface area contributed by atoms with Crippen molar-refractivity contribution in [2.24, 2.45) is 10.9 Å². The van der Waals surface area contributed by atoms with E-state index < -0.39 is 23.0 Å². The van der Waals surface area contributed by atoms with Crippen LogP contribution >= 0.6 is 0 Å². The average Bonchev–Trinajstić information content (AvgIpc) is 2.53. The number of hydrogen-bond acceptors (Lipinski definition) is 3. The minimum atomic E-state index is -0.842. The van der Waals surface area contributed by atoms with E-state index in [4.69, 9.17) is 10.9 Å². The molecule has 0 fully saturated rings. The van der Waals surface area contributed by atoms with Gasteiger partial charge in [-0.15, -0.1) is 0 Å². The number of rotatable bonds is 10. The zero-order valence-electron chi connectivity index (χ0n) is 14.0. The van der Waals surface area contributed by atoms with Crippen LogP contribution in [0.25, 0.3) is 0 Å². The Morgan fingerprint density at radius 2 is 1.74 bits per heavy atom. The van der Waals surface area contributed by atoms with E-state index in [1.807, 2.05) is 0 Å². The third-order valence-corrected chi connectivity index (χ3v) is 3.94. The average molecular weight is 327 g/mol. The van der Waals surface area contributed by atoms with Gasteiger partial charge in [0.15, 0.2) is 11.7 Å². The number of nitrogens with two attached hydrogens (primary N) is 1. The Kier molecular flexibility index (Phi) is 8.37. The molecule has 0 saturated carbocycles. The van der Waals surface area contributed by atoms with Crippen LogP contribution in [0.5, 0.6) is 0 Å². The number of halogens is 2. The molecule has 1 rings (SSSR count). The lowest BCUT2D eigenvalue weighted by molar-refractivity contribution is 0.318. The molecular weight excluding hydrogens is 300 g/mol. The molecule has 0 spiro atoms. The van der Waals surface area contributed by atoms with Gasteiger partial charge in [0, 0.05) is 13.6 Å².